The van der Waals surface area contributed by atoms with E-state index >= 15 is 0 Å². The van der Waals surface area contributed by atoms with Crippen LogP contribution in [0.3, 0.4) is 0 Å². The topological polar surface area (TPSA) is 47.6 Å². The van der Waals surface area contributed by atoms with Crippen molar-refractivity contribution in [3.05, 3.63) is 59.7 Å². The van der Waals surface area contributed by atoms with E-state index in [2.05, 4.69) is 24.4 Å². The molecule has 0 bridgehead atoms. The van der Waals surface area contributed by atoms with Crippen LogP contribution in [0, 0.1) is 0 Å². The Hall–Kier alpha value is -2.75. The zero-order valence-electron chi connectivity index (χ0n) is 13.7. The summed E-state index contributed by atoms with van der Waals surface area (Å²) in [7, 11) is 0. The lowest BCUT2D eigenvalue weighted by Crippen LogP contribution is -2.16. The van der Waals surface area contributed by atoms with Gasteiger partial charge in [0.1, 0.15) is 13.2 Å². The monoisotopic (exact) mass is 323 g/mol. The first kappa shape index (κ1) is 16.1. The number of hydrogen-bond donors (Lipinski definition) is 1. The molecule has 0 aromatic heterocycles. The highest BCUT2D eigenvalue weighted by molar-refractivity contribution is 6.04. The Morgan fingerprint density at radius 2 is 1.83 bits per heavy atom. The first-order chi connectivity index (χ1) is 11.8. The summed E-state index contributed by atoms with van der Waals surface area (Å²) in [6.07, 6.45) is 6.41. The maximum atomic E-state index is 12.4. The van der Waals surface area contributed by atoms with Gasteiger partial charge in [0.25, 0.3) is 5.91 Å². The van der Waals surface area contributed by atoms with Crippen molar-refractivity contribution in [2.45, 2.75) is 19.8 Å². The minimum atomic E-state index is -0.143. The molecular weight excluding hydrogens is 302 g/mol. The third-order valence-electron chi connectivity index (χ3n) is 3.74. The van der Waals surface area contributed by atoms with Crippen LogP contribution < -0.4 is 14.8 Å². The molecule has 1 heterocycles. The fourth-order valence-corrected chi connectivity index (χ4v) is 2.46. The average molecular weight is 323 g/mol. The Kier molecular flexibility index (Phi) is 5.16. The molecule has 1 amide bonds. The van der Waals surface area contributed by atoms with Gasteiger partial charge >= 0.3 is 0 Å². The largest absolute Gasteiger partial charge is 0.486 e. The molecule has 0 fully saturated rings. The second-order valence-corrected chi connectivity index (χ2v) is 5.63. The lowest BCUT2D eigenvalue weighted by Gasteiger charge is -2.19. The molecule has 0 atom stereocenters. The van der Waals surface area contributed by atoms with Crippen LogP contribution in [-0.4, -0.2) is 19.1 Å². The predicted octanol–water partition coefficient (Wildman–Crippen LogP) is 4.52. The molecule has 0 unspecified atom stereocenters. The lowest BCUT2D eigenvalue weighted by atomic mass is 10.1. The Labute approximate surface area is 142 Å². The van der Waals surface area contributed by atoms with E-state index in [1.54, 1.807) is 6.07 Å². The standard InChI is InChI=1S/C20H21NO3/c1-2-3-4-5-15-6-8-16(9-7-15)20(22)21-17-10-11-18-19(14-17)24-13-12-23-18/h4-11,14H,2-3,12-13H2,1H3,(H,21,22)/b5-4+. The number of fused-ring (bicyclic) bond motifs is 1. The number of hydrogen-bond acceptors (Lipinski definition) is 3. The molecule has 0 aliphatic carbocycles. The lowest BCUT2D eigenvalue weighted by molar-refractivity contribution is 0.102. The van der Waals surface area contributed by atoms with E-state index in [0.29, 0.717) is 36.0 Å². The van der Waals surface area contributed by atoms with Crippen molar-refractivity contribution < 1.29 is 14.3 Å². The fourth-order valence-electron chi connectivity index (χ4n) is 2.46. The van der Waals surface area contributed by atoms with Crippen LogP contribution in [-0.2, 0) is 0 Å². The van der Waals surface area contributed by atoms with Crippen molar-refractivity contribution in [1.29, 1.82) is 0 Å². The molecule has 2 aromatic carbocycles. The van der Waals surface area contributed by atoms with E-state index in [1.165, 1.54) is 0 Å². The fraction of sp³-hybridized carbons (Fsp3) is 0.250. The number of anilines is 1. The highest BCUT2D eigenvalue weighted by Gasteiger charge is 2.13. The van der Waals surface area contributed by atoms with E-state index in [1.807, 2.05) is 36.4 Å². The second kappa shape index (κ2) is 7.68. The van der Waals surface area contributed by atoms with Crippen molar-refractivity contribution in [3.63, 3.8) is 0 Å². The summed E-state index contributed by atoms with van der Waals surface area (Å²) >= 11 is 0. The Morgan fingerprint density at radius 3 is 2.58 bits per heavy atom. The van der Waals surface area contributed by atoms with Crippen molar-refractivity contribution >= 4 is 17.7 Å². The van der Waals surface area contributed by atoms with Crippen molar-refractivity contribution in [3.8, 4) is 11.5 Å². The van der Waals surface area contributed by atoms with Crippen molar-refractivity contribution in [2.75, 3.05) is 18.5 Å². The number of ether oxygens (including phenoxy) is 2. The third kappa shape index (κ3) is 3.96. The molecular formula is C20H21NO3. The van der Waals surface area contributed by atoms with E-state index in [0.717, 1.165) is 18.4 Å². The third-order valence-corrected chi connectivity index (χ3v) is 3.74. The molecule has 0 saturated carbocycles. The van der Waals surface area contributed by atoms with E-state index in [-0.39, 0.29) is 5.91 Å². The normalized spacial score (nSPS) is 13.0. The van der Waals surface area contributed by atoms with Gasteiger partial charge in [-0.1, -0.05) is 37.6 Å². The SMILES string of the molecule is CCC/C=C/c1ccc(C(=O)Nc2ccc3c(c2)OCCO3)cc1. The number of amides is 1. The molecule has 1 N–H and O–H groups in total. The Bertz CT molecular complexity index is 735. The highest BCUT2D eigenvalue weighted by atomic mass is 16.6. The molecule has 4 heteroatoms. The van der Waals surface area contributed by atoms with Crippen LogP contribution >= 0.6 is 0 Å². The summed E-state index contributed by atoms with van der Waals surface area (Å²) in [5.74, 6) is 1.23. The molecule has 0 spiro atoms. The van der Waals surface area contributed by atoms with Crippen molar-refractivity contribution in [1.82, 2.24) is 0 Å². The number of unbranched alkanes of at least 4 members (excludes halogenated alkanes) is 1. The van der Waals surface area contributed by atoms with E-state index in [9.17, 15) is 4.79 Å². The van der Waals surface area contributed by atoms with Gasteiger partial charge < -0.3 is 14.8 Å². The van der Waals surface area contributed by atoms with Crippen LogP contribution in [0.4, 0.5) is 5.69 Å². The number of nitrogens with one attached hydrogen (secondary N) is 1. The van der Waals surface area contributed by atoms with Gasteiger partial charge in [-0.25, -0.2) is 0 Å². The molecule has 0 saturated heterocycles. The van der Waals surface area contributed by atoms with Gasteiger partial charge in [0.15, 0.2) is 11.5 Å². The zero-order valence-corrected chi connectivity index (χ0v) is 13.7. The molecule has 3 rings (SSSR count). The van der Waals surface area contributed by atoms with Gasteiger partial charge in [0.2, 0.25) is 0 Å². The first-order valence-electron chi connectivity index (χ1n) is 8.24. The van der Waals surface area contributed by atoms with Gasteiger partial charge in [-0.3, -0.25) is 4.79 Å². The maximum absolute atomic E-state index is 12.4. The molecule has 1 aliphatic heterocycles. The Morgan fingerprint density at radius 1 is 1.08 bits per heavy atom. The zero-order chi connectivity index (χ0) is 16.8. The maximum Gasteiger partial charge on any atom is 0.255 e. The molecule has 4 nitrogen and oxygen atoms in total. The predicted molar refractivity (Wildman–Crippen MR) is 95.8 cm³/mol. The highest BCUT2D eigenvalue weighted by Crippen LogP contribution is 2.32. The van der Waals surface area contributed by atoms with Gasteiger partial charge in [0, 0.05) is 17.3 Å². The Balaban J connectivity index is 1.66. The first-order valence-corrected chi connectivity index (χ1v) is 8.24. The van der Waals surface area contributed by atoms with Crippen LogP contribution in [0.25, 0.3) is 6.08 Å². The molecule has 124 valence electrons. The summed E-state index contributed by atoms with van der Waals surface area (Å²) in [5, 5.41) is 2.89. The number of allylic oxidation sites excluding steroid dienone is 1. The van der Waals surface area contributed by atoms with Gasteiger partial charge in [-0.2, -0.15) is 0 Å². The molecule has 24 heavy (non-hydrogen) atoms. The molecule has 2 aromatic rings. The number of rotatable bonds is 5. The van der Waals surface area contributed by atoms with Gasteiger partial charge in [-0.15, -0.1) is 0 Å². The molecule has 0 radical (unpaired) electrons. The average Bonchev–Trinajstić information content (AvgIpc) is 2.62. The number of carbonyl (C=O) groups is 1. The minimum Gasteiger partial charge on any atom is -0.486 e. The number of carbonyl (C=O) groups excluding carboxylic acids is 1. The van der Waals surface area contributed by atoms with E-state index < -0.39 is 0 Å². The number of benzene rings is 2. The minimum absolute atomic E-state index is 0.143. The van der Waals surface area contributed by atoms with Crippen molar-refractivity contribution in [2.24, 2.45) is 0 Å². The summed E-state index contributed by atoms with van der Waals surface area (Å²) in [4.78, 5) is 12.4. The summed E-state index contributed by atoms with van der Waals surface area (Å²) in [6.45, 7) is 3.23. The smallest absolute Gasteiger partial charge is 0.255 e. The van der Waals surface area contributed by atoms with Crippen LogP contribution in [0.15, 0.2) is 48.5 Å². The van der Waals surface area contributed by atoms with Gasteiger partial charge in [0.05, 0.1) is 0 Å². The summed E-state index contributed by atoms with van der Waals surface area (Å²) in [6, 6.07) is 13.0. The van der Waals surface area contributed by atoms with E-state index in [4.69, 9.17) is 9.47 Å². The van der Waals surface area contributed by atoms with Crippen LogP contribution in [0.1, 0.15) is 35.7 Å². The molecule has 1 aliphatic rings. The quantitative estimate of drug-likeness (QED) is 0.880. The second-order valence-electron chi connectivity index (χ2n) is 5.63. The summed E-state index contributed by atoms with van der Waals surface area (Å²) in [5.41, 5.74) is 2.41. The summed E-state index contributed by atoms with van der Waals surface area (Å²) < 4.78 is 11.0. The van der Waals surface area contributed by atoms with Crippen LogP contribution in [0.2, 0.25) is 0 Å². The van der Waals surface area contributed by atoms with Crippen LogP contribution in [0.5, 0.6) is 11.5 Å². The van der Waals surface area contributed by atoms with Gasteiger partial charge in [-0.05, 0) is 36.2 Å².